The molecule has 0 aliphatic rings. The summed E-state index contributed by atoms with van der Waals surface area (Å²) in [5, 5.41) is 0. The smallest absolute Gasteiger partial charge is 0.306 e. The minimum Gasteiger partial charge on any atom is -0.756 e. The van der Waals surface area contributed by atoms with Crippen LogP contribution < -0.4 is 4.89 Å². The number of carbonyl (C=O) groups is 2. The Morgan fingerprint density at radius 2 is 0.750 bits per heavy atom. The second kappa shape index (κ2) is 54.3. The van der Waals surface area contributed by atoms with Gasteiger partial charge in [0.25, 0.3) is 7.82 Å². The summed E-state index contributed by atoms with van der Waals surface area (Å²) in [7, 11) is 1.18. The minimum atomic E-state index is -4.63. The van der Waals surface area contributed by atoms with Crippen LogP contribution in [0.5, 0.6) is 0 Å². The summed E-state index contributed by atoms with van der Waals surface area (Å²) in [4.78, 5) is 37.7. The number of unbranched alkanes of at least 4 members (excludes halogenated alkanes) is 40. The number of phosphoric acid groups is 1. The minimum absolute atomic E-state index is 0.0267. The number of hydrogen-bond acceptors (Lipinski definition) is 8. The van der Waals surface area contributed by atoms with Crippen molar-refractivity contribution in [2.75, 3.05) is 47.5 Å². The van der Waals surface area contributed by atoms with Crippen molar-refractivity contribution in [1.82, 2.24) is 0 Å². The third-order valence-electron chi connectivity index (χ3n) is 14.0. The predicted molar refractivity (Wildman–Crippen MR) is 305 cm³/mol. The molecule has 426 valence electrons. The molecule has 0 spiro atoms. The lowest BCUT2D eigenvalue weighted by atomic mass is 10.0. The van der Waals surface area contributed by atoms with E-state index in [1.807, 2.05) is 21.1 Å². The standard InChI is InChI=1S/C62H120NO8P/c1-6-8-10-12-14-16-18-19-20-21-22-23-24-25-26-27-28-29-30-31-32-33-34-35-36-37-38-39-40-41-42-43-45-47-49-51-53-55-62(65)71-60(59-70-72(66,67)69-57-56-63(3,4)5)58-68-61(64)54-52-50-48-46-44-17-15-13-11-9-7-2/h18-19,21-22,60H,6-17,20,23-59H2,1-5H3/b19-18-,22-21-. The van der Waals surface area contributed by atoms with Crippen LogP contribution in [0, 0.1) is 0 Å². The molecule has 0 aromatic rings. The fourth-order valence-electron chi connectivity index (χ4n) is 9.16. The van der Waals surface area contributed by atoms with E-state index in [2.05, 4.69) is 38.2 Å². The van der Waals surface area contributed by atoms with Crippen LogP contribution in [0.2, 0.25) is 0 Å². The number of phosphoric ester groups is 1. The third-order valence-corrected chi connectivity index (χ3v) is 14.9. The van der Waals surface area contributed by atoms with Crippen molar-refractivity contribution in [2.45, 2.75) is 315 Å². The van der Waals surface area contributed by atoms with Gasteiger partial charge in [0.1, 0.15) is 19.8 Å². The first kappa shape index (κ1) is 70.5. The summed E-state index contributed by atoms with van der Waals surface area (Å²) in [5.41, 5.74) is 0. The number of rotatable bonds is 58. The van der Waals surface area contributed by atoms with Gasteiger partial charge < -0.3 is 27.9 Å². The van der Waals surface area contributed by atoms with Crippen molar-refractivity contribution in [3.63, 3.8) is 0 Å². The van der Waals surface area contributed by atoms with Gasteiger partial charge >= 0.3 is 11.9 Å². The molecule has 0 saturated heterocycles. The molecule has 0 rings (SSSR count). The lowest BCUT2D eigenvalue weighted by Gasteiger charge is -2.28. The van der Waals surface area contributed by atoms with Crippen molar-refractivity contribution >= 4 is 19.8 Å². The zero-order valence-electron chi connectivity index (χ0n) is 48.4. The van der Waals surface area contributed by atoms with Crippen LogP contribution in [0.25, 0.3) is 0 Å². The van der Waals surface area contributed by atoms with Gasteiger partial charge in [0.15, 0.2) is 6.10 Å². The Labute approximate surface area is 447 Å². The van der Waals surface area contributed by atoms with Crippen LogP contribution in [0.15, 0.2) is 24.3 Å². The molecule has 2 unspecified atom stereocenters. The molecule has 72 heavy (non-hydrogen) atoms. The van der Waals surface area contributed by atoms with Gasteiger partial charge in [0.2, 0.25) is 0 Å². The number of hydrogen-bond donors (Lipinski definition) is 0. The number of likely N-dealkylation sites (N-methyl/N-ethyl adjacent to an activating group) is 1. The highest BCUT2D eigenvalue weighted by Gasteiger charge is 2.22. The Morgan fingerprint density at radius 3 is 1.10 bits per heavy atom. The second-order valence-electron chi connectivity index (χ2n) is 22.4. The molecule has 0 aromatic carbocycles. The maximum atomic E-state index is 12.8. The molecule has 0 heterocycles. The highest BCUT2D eigenvalue weighted by Crippen LogP contribution is 2.38. The molecule has 0 saturated carbocycles. The number of carbonyl (C=O) groups excluding carboxylic acids is 2. The zero-order valence-corrected chi connectivity index (χ0v) is 49.3. The molecule has 9 nitrogen and oxygen atoms in total. The SMILES string of the molecule is CCCCCCC/C=C\C/C=C\CCCCCCCCCCCCCCCCCCCCCCCCCCCC(=O)OC(COC(=O)CCCCCCCCCCCCC)COP(=O)([O-])OCC[N+](C)(C)C. The van der Waals surface area contributed by atoms with E-state index in [9.17, 15) is 19.0 Å². The maximum absolute atomic E-state index is 12.8. The number of quaternary nitrogens is 1. The second-order valence-corrected chi connectivity index (χ2v) is 23.8. The molecule has 0 N–H and O–H groups in total. The maximum Gasteiger partial charge on any atom is 0.306 e. The van der Waals surface area contributed by atoms with E-state index < -0.39 is 26.5 Å². The van der Waals surface area contributed by atoms with Crippen LogP contribution in [0.1, 0.15) is 309 Å². The molecule has 0 aliphatic heterocycles. The Kier molecular flexibility index (Phi) is 53.1. The summed E-state index contributed by atoms with van der Waals surface area (Å²) >= 11 is 0. The number of esters is 2. The Hall–Kier alpha value is -1.51. The van der Waals surface area contributed by atoms with E-state index >= 15 is 0 Å². The first-order valence-electron chi connectivity index (χ1n) is 31.0. The summed E-state index contributed by atoms with van der Waals surface area (Å²) in [6.07, 6.45) is 65.5. The summed E-state index contributed by atoms with van der Waals surface area (Å²) in [6.45, 7) is 4.26. The Bertz CT molecular complexity index is 1270. The predicted octanol–water partition coefficient (Wildman–Crippen LogP) is 18.7. The number of allylic oxidation sites excluding steroid dienone is 4. The molecule has 0 amide bonds. The molecule has 0 fully saturated rings. The quantitative estimate of drug-likeness (QED) is 0.0195. The number of nitrogens with zero attached hydrogens (tertiary/aromatic N) is 1. The molecular formula is C62H120NO8P. The van der Waals surface area contributed by atoms with Gasteiger partial charge in [-0.1, -0.05) is 276 Å². The van der Waals surface area contributed by atoms with Gasteiger partial charge in [-0.2, -0.15) is 0 Å². The normalized spacial score (nSPS) is 13.4. The van der Waals surface area contributed by atoms with E-state index in [1.165, 1.54) is 238 Å². The molecule has 0 bridgehead atoms. The van der Waals surface area contributed by atoms with Gasteiger partial charge in [0, 0.05) is 12.8 Å². The van der Waals surface area contributed by atoms with Crippen molar-refractivity contribution in [3.8, 4) is 0 Å². The van der Waals surface area contributed by atoms with Gasteiger partial charge in [-0.05, 0) is 44.9 Å². The molecule has 0 aromatic heterocycles. The molecular weight excluding hydrogens is 918 g/mol. The fraction of sp³-hybridized carbons (Fsp3) is 0.903. The van der Waals surface area contributed by atoms with E-state index in [0.717, 1.165) is 38.5 Å². The van der Waals surface area contributed by atoms with Crippen LogP contribution >= 0.6 is 7.82 Å². The van der Waals surface area contributed by atoms with Gasteiger partial charge in [0.05, 0.1) is 27.7 Å². The first-order valence-corrected chi connectivity index (χ1v) is 32.5. The molecule has 0 radical (unpaired) electrons. The highest BCUT2D eigenvalue weighted by molar-refractivity contribution is 7.45. The summed E-state index contributed by atoms with van der Waals surface area (Å²) in [5.74, 6) is -0.817. The van der Waals surface area contributed by atoms with Crippen molar-refractivity contribution in [1.29, 1.82) is 0 Å². The number of ether oxygens (including phenoxy) is 2. The topological polar surface area (TPSA) is 111 Å². The molecule has 10 heteroatoms. The summed E-state index contributed by atoms with van der Waals surface area (Å²) < 4.78 is 34.1. The van der Waals surface area contributed by atoms with Crippen molar-refractivity contribution in [3.05, 3.63) is 24.3 Å². The van der Waals surface area contributed by atoms with E-state index in [0.29, 0.717) is 17.4 Å². The van der Waals surface area contributed by atoms with Crippen LogP contribution in [0.4, 0.5) is 0 Å². The van der Waals surface area contributed by atoms with Crippen molar-refractivity contribution < 1.29 is 42.1 Å². The van der Waals surface area contributed by atoms with E-state index in [-0.39, 0.29) is 32.0 Å². The van der Waals surface area contributed by atoms with E-state index in [1.54, 1.807) is 0 Å². The average molecular weight is 1040 g/mol. The lowest BCUT2D eigenvalue weighted by molar-refractivity contribution is -0.870. The molecule has 2 atom stereocenters. The average Bonchev–Trinajstić information content (AvgIpc) is 3.34. The van der Waals surface area contributed by atoms with Crippen molar-refractivity contribution in [2.24, 2.45) is 0 Å². The van der Waals surface area contributed by atoms with Gasteiger partial charge in [-0.15, -0.1) is 0 Å². The largest absolute Gasteiger partial charge is 0.756 e. The van der Waals surface area contributed by atoms with E-state index in [4.69, 9.17) is 18.5 Å². The van der Waals surface area contributed by atoms with Crippen LogP contribution in [0.3, 0.4) is 0 Å². The Morgan fingerprint density at radius 1 is 0.431 bits per heavy atom. The molecule has 0 aliphatic carbocycles. The zero-order chi connectivity index (χ0) is 52.7. The fourth-order valence-corrected chi connectivity index (χ4v) is 9.89. The first-order chi connectivity index (χ1) is 35.0. The van der Waals surface area contributed by atoms with Crippen LogP contribution in [-0.2, 0) is 32.7 Å². The summed E-state index contributed by atoms with van der Waals surface area (Å²) in [6, 6.07) is 0. The lowest BCUT2D eigenvalue weighted by Crippen LogP contribution is -2.37. The highest BCUT2D eigenvalue weighted by atomic mass is 31.2. The van der Waals surface area contributed by atoms with Gasteiger partial charge in [-0.25, -0.2) is 0 Å². The third kappa shape index (κ3) is 57.8. The van der Waals surface area contributed by atoms with Gasteiger partial charge in [-0.3, -0.25) is 14.2 Å². The monoisotopic (exact) mass is 1040 g/mol. The Balaban J connectivity index is 3.86. The van der Waals surface area contributed by atoms with Crippen LogP contribution in [-0.4, -0.2) is 70.0 Å².